The fraction of sp³-hybridized carbons (Fsp3) is 0.929. The lowest BCUT2D eigenvalue weighted by Crippen LogP contribution is -2.23. The second-order valence-corrected chi connectivity index (χ2v) is 4.59. The Morgan fingerprint density at radius 3 is 2.18 bits per heavy atom. The van der Waals surface area contributed by atoms with Crippen LogP contribution < -0.4 is 0 Å². The number of carbonyl (C=O) groups is 1. The van der Waals surface area contributed by atoms with Gasteiger partial charge in [0.2, 0.25) is 0 Å². The fourth-order valence-electron chi connectivity index (χ4n) is 1.72. The van der Waals surface area contributed by atoms with Crippen molar-refractivity contribution in [1.82, 2.24) is 0 Å². The van der Waals surface area contributed by atoms with Gasteiger partial charge in [0.15, 0.2) is 6.10 Å². The lowest BCUT2D eigenvalue weighted by molar-refractivity contribution is -0.154. The zero-order valence-electron chi connectivity index (χ0n) is 11.4. The highest BCUT2D eigenvalue weighted by molar-refractivity contribution is 5.74. The Morgan fingerprint density at radius 1 is 1.00 bits per heavy atom. The van der Waals surface area contributed by atoms with Crippen molar-refractivity contribution in [2.24, 2.45) is 0 Å². The molecule has 0 aromatic carbocycles. The van der Waals surface area contributed by atoms with Crippen LogP contribution in [-0.4, -0.2) is 23.8 Å². The van der Waals surface area contributed by atoms with Crippen LogP contribution in [0.5, 0.6) is 0 Å². The summed E-state index contributed by atoms with van der Waals surface area (Å²) in [6.07, 6.45) is 8.79. The molecule has 0 spiro atoms. The molecule has 0 rings (SSSR count). The van der Waals surface area contributed by atoms with E-state index in [1.165, 1.54) is 32.1 Å². The maximum Gasteiger partial charge on any atom is 0.334 e. The van der Waals surface area contributed by atoms with Gasteiger partial charge >= 0.3 is 5.97 Å². The number of esters is 1. The number of ether oxygens (including phenoxy) is 1. The van der Waals surface area contributed by atoms with Gasteiger partial charge in [-0.3, -0.25) is 0 Å². The molecule has 102 valence electrons. The van der Waals surface area contributed by atoms with E-state index >= 15 is 0 Å². The molecular weight excluding hydrogens is 216 g/mol. The van der Waals surface area contributed by atoms with Crippen LogP contribution in [0.2, 0.25) is 0 Å². The summed E-state index contributed by atoms with van der Waals surface area (Å²) in [5, 5.41) is 9.34. The first-order valence-corrected chi connectivity index (χ1v) is 7.07. The van der Waals surface area contributed by atoms with Gasteiger partial charge in [-0.25, -0.2) is 4.79 Å². The van der Waals surface area contributed by atoms with Gasteiger partial charge in [-0.2, -0.15) is 0 Å². The molecule has 0 fully saturated rings. The minimum absolute atomic E-state index is 0.452. The summed E-state index contributed by atoms with van der Waals surface area (Å²) in [5.74, 6) is -0.460. The molecule has 0 aromatic rings. The number of rotatable bonds is 11. The first-order valence-electron chi connectivity index (χ1n) is 7.07. The molecule has 0 aliphatic rings. The van der Waals surface area contributed by atoms with Crippen LogP contribution in [0.25, 0.3) is 0 Å². The van der Waals surface area contributed by atoms with Crippen molar-refractivity contribution in [3.63, 3.8) is 0 Å². The van der Waals surface area contributed by atoms with Gasteiger partial charge in [0.1, 0.15) is 0 Å². The number of hydrogen-bond acceptors (Lipinski definition) is 3. The van der Waals surface area contributed by atoms with E-state index in [9.17, 15) is 9.90 Å². The monoisotopic (exact) mass is 244 g/mol. The van der Waals surface area contributed by atoms with Crippen LogP contribution in [0.15, 0.2) is 0 Å². The standard InChI is InChI=1S/C14H28O3/c1-3-5-6-7-8-9-10-12-17-14(16)13(15)11-4-2/h13,15H,3-12H2,1-2H3. The fourth-order valence-corrected chi connectivity index (χ4v) is 1.72. The van der Waals surface area contributed by atoms with Gasteiger partial charge in [0.05, 0.1) is 6.61 Å². The van der Waals surface area contributed by atoms with E-state index in [0.29, 0.717) is 13.0 Å². The highest BCUT2D eigenvalue weighted by Gasteiger charge is 2.14. The first-order chi connectivity index (χ1) is 8.22. The summed E-state index contributed by atoms with van der Waals surface area (Å²) in [6.45, 7) is 4.60. The van der Waals surface area contributed by atoms with Crippen LogP contribution in [0.3, 0.4) is 0 Å². The van der Waals surface area contributed by atoms with Gasteiger partial charge in [0, 0.05) is 0 Å². The third-order valence-corrected chi connectivity index (χ3v) is 2.83. The number of aliphatic hydroxyl groups excluding tert-OH is 1. The van der Waals surface area contributed by atoms with Gasteiger partial charge in [-0.05, 0) is 12.8 Å². The van der Waals surface area contributed by atoms with E-state index in [2.05, 4.69) is 6.92 Å². The molecule has 0 saturated carbocycles. The molecule has 0 aromatic heterocycles. The Kier molecular flexibility index (Phi) is 11.5. The zero-order chi connectivity index (χ0) is 12.9. The topological polar surface area (TPSA) is 46.5 Å². The Balaban J connectivity index is 3.24. The van der Waals surface area contributed by atoms with Crippen molar-refractivity contribution < 1.29 is 14.6 Å². The molecule has 1 N–H and O–H groups in total. The summed E-state index contributed by atoms with van der Waals surface area (Å²) >= 11 is 0. The SMILES string of the molecule is CCCCCCCCCOC(=O)C(O)CCC. The minimum Gasteiger partial charge on any atom is -0.464 e. The first kappa shape index (κ1) is 16.4. The van der Waals surface area contributed by atoms with Gasteiger partial charge in [-0.15, -0.1) is 0 Å². The molecule has 0 heterocycles. The molecule has 3 heteroatoms. The zero-order valence-corrected chi connectivity index (χ0v) is 11.4. The summed E-state index contributed by atoms with van der Waals surface area (Å²) in [4.78, 5) is 11.2. The maximum atomic E-state index is 11.2. The van der Waals surface area contributed by atoms with E-state index in [-0.39, 0.29) is 0 Å². The predicted molar refractivity (Wildman–Crippen MR) is 69.9 cm³/mol. The number of carbonyl (C=O) groups excluding carboxylic acids is 1. The molecular formula is C14H28O3. The second-order valence-electron chi connectivity index (χ2n) is 4.59. The minimum atomic E-state index is -0.926. The lowest BCUT2D eigenvalue weighted by Gasteiger charge is -2.09. The van der Waals surface area contributed by atoms with E-state index in [4.69, 9.17) is 4.74 Å². The second kappa shape index (κ2) is 11.9. The Bertz CT molecular complexity index is 180. The number of aliphatic hydroxyl groups is 1. The molecule has 3 nitrogen and oxygen atoms in total. The molecule has 1 unspecified atom stereocenters. The van der Waals surface area contributed by atoms with E-state index in [0.717, 1.165) is 19.3 Å². The number of hydrogen-bond donors (Lipinski definition) is 1. The maximum absolute atomic E-state index is 11.2. The van der Waals surface area contributed by atoms with Crippen molar-refractivity contribution >= 4 is 5.97 Å². The molecule has 0 saturated heterocycles. The van der Waals surface area contributed by atoms with Crippen molar-refractivity contribution in [2.45, 2.75) is 77.7 Å². The summed E-state index contributed by atoms with van der Waals surface area (Å²) < 4.78 is 5.00. The van der Waals surface area contributed by atoms with E-state index in [1.807, 2.05) is 6.92 Å². The molecule has 0 amide bonds. The summed E-state index contributed by atoms with van der Waals surface area (Å²) in [6, 6.07) is 0. The van der Waals surface area contributed by atoms with Gasteiger partial charge in [0.25, 0.3) is 0 Å². The third kappa shape index (κ3) is 10.3. The molecule has 1 atom stereocenters. The normalized spacial score (nSPS) is 12.4. The van der Waals surface area contributed by atoms with Crippen molar-refractivity contribution in [3.05, 3.63) is 0 Å². The largest absolute Gasteiger partial charge is 0.464 e. The van der Waals surface area contributed by atoms with E-state index in [1.54, 1.807) is 0 Å². The van der Waals surface area contributed by atoms with Crippen molar-refractivity contribution in [1.29, 1.82) is 0 Å². The summed E-state index contributed by atoms with van der Waals surface area (Å²) in [7, 11) is 0. The quantitative estimate of drug-likeness (QED) is 0.447. The molecule has 0 aliphatic heterocycles. The van der Waals surface area contributed by atoms with Crippen LogP contribution in [-0.2, 0) is 9.53 Å². The van der Waals surface area contributed by atoms with Crippen LogP contribution in [0.4, 0.5) is 0 Å². The summed E-state index contributed by atoms with van der Waals surface area (Å²) in [5.41, 5.74) is 0. The number of unbranched alkanes of at least 4 members (excludes halogenated alkanes) is 6. The Labute approximate surface area is 106 Å². The predicted octanol–water partition coefficient (Wildman–Crippen LogP) is 3.44. The Morgan fingerprint density at radius 2 is 1.59 bits per heavy atom. The van der Waals surface area contributed by atoms with Crippen molar-refractivity contribution in [3.8, 4) is 0 Å². The highest BCUT2D eigenvalue weighted by atomic mass is 16.5. The average molecular weight is 244 g/mol. The average Bonchev–Trinajstić information content (AvgIpc) is 2.32. The van der Waals surface area contributed by atoms with E-state index < -0.39 is 12.1 Å². The van der Waals surface area contributed by atoms with Gasteiger partial charge < -0.3 is 9.84 Å². The van der Waals surface area contributed by atoms with Crippen molar-refractivity contribution in [2.75, 3.05) is 6.61 Å². The molecule has 0 bridgehead atoms. The highest BCUT2D eigenvalue weighted by Crippen LogP contribution is 2.07. The van der Waals surface area contributed by atoms with Crippen LogP contribution >= 0.6 is 0 Å². The van der Waals surface area contributed by atoms with Crippen LogP contribution in [0.1, 0.15) is 71.6 Å². The smallest absolute Gasteiger partial charge is 0.334 e. The third-order valence-electron chi connectivity index (χ3n) is 2.83. The van der Waals surface area contributed by atoms with Gasteiger partial charge in [-0.1, -0.05) is 58.8 Å². The lowest BCUT2D eigenvalue weighted by atomic mass is 10.1. The molecule has 17 heavy (non-hydrogen) atoms. The molecule has 0 aliphatic carbocycles. The Hall–Kier alpha value is -0.570. The molecule has 0 radical (unpaired) electrons. The van der Waals surface area contributed by atoms with Crippen LogP contribution in [0, 0.1) is 0 Å².